The number of fused-ring (bicyclic) bond motifs is 2. The number of hydrogen-bond donors (Lipinski definition) is 0. The molecule has 0 fully saturated rings. The quantitative estimate of drug-likeness (QED) is 0.560. The third-order valence-electron chi connectivity index (χ3n) is 4.02. The van der Waals surface area contributed by atoms with Crippen molar-refractivity contribution in [3.8, 4) is 11.5 Å². The number of nitrogens with zero attached hydrogens (tertiary/aromatic N) is 2. The fourth-order valence-corrected chi connectivity index (χ4v) is 4.69. The van der Waals surface area contributed by atoms with Gasteiger partial charge in [-0.3, -0.25) is 4.79 Å². The van der Waals surface area contributed by atoms with E-state index >= 15 is 0 Å². The Morgan fingerprint density at radius 3 is 2.74 bits per heavy atom. The van der Waals surface area contributed by atoms with Crippen molar-refractivity contribution < 1.29 is 14.3 Å². The SMILES string of the molecule is CCCn1c(=NC(=O)CSc2ccc(Cl)cc2)sc2cc3c(cc21)OCO3. The zero-order chi connectivity index (χ0) is 18.8. The molecule has 0 aliphatic carbocycles. The predicted octanol–water partition coefficient (Wildman–Crippen LogP) is 4.71. The number of thiazole rings is 1. The molecular formula is C19H17ClN2O3S2. The van der Waals surface area contributed by atoms with E-state index in [2.05, 4.69) is 16.5 Å². The molecule has 27 heavy (non-hydrogen) atoms. The van der Waals surface area contributed by atoms with E-state index in [0.29, 0.717) is 9.82 Å². The summed E-state index contributed by atoms with van der Waals surface area (Å²) in [5.41, 5.74) is 1.02. The van der Waals surface area contributed by atoms with Crippen LogP contribution < -0.4 is 14.3 Å². The van der Waals surface area contributed by atoms with Crippen LogP contribution in [0.4, 0.5) is 0 Å². The van der Waals surface area contributed by atoms with Crippen LogP contribution in [0.5, 0.6) is 11.5 Å². The molecule has 0 atom stereocenters. The molecule has 3 aromatic rings. The maximum atomic E-state index is 12.4. The topological polar surface area (TPSA) is 52.8 Å². The van der Waals surface area contributed by atoms with E-state index in [9.17, 15) is 4.79 Å². The standard InChI is InChI=1S/C19H17ClN2O3S2/c1-2-7-22-14-8-15-16(25-11-24-15)9-17(14)27-19(22)21-18(23)10-26-13-5-3-12(20)4-6-13/h3-6,8-9H,2,7,10-11H2,1H3. The van der Waals surface area contributed by atoms with Gasteiger partial charge in [-0.2, -0.15) is 4.99 Å². The van der Waals surface area contributed by atoms with E-state index in [4.69, 9.17) is 21.1 Å². The van der Waals surface area contributed by atoms with Crippen molar-refractivity contribution in [2.45, 2.75) is 24.8 Å². The molecule has 2 heterocycles. The number of ether oxygens (including phenoxy) is 2. The first-order valence-corrected chi connectivity index (χ1v) is 10.7. The van der Waals surface area contributed by atoms with Crippen LogP contribution in [-0.2, 0) is 11.3 Å². The lowest BCUT2D eigenvalue weighted by atomic mass is 10.3. The molecule has 1 aliphatic heterocycles. The fraction of sp³-hybridized carbons (Fsp3) is 0.263. The molecule has 0 N–H and O–H groups in total. The molecule has 0 bridgehead atoms. The zero-order valence-electron chi connectivity index (χ0n) is 14.6. The highest BCUT2D eigenvalue weighted by molar-refractivity contribution is 8.00. The van der Waals surface area contributed by atoms with Crippen molar-refractivity contribution in [1.82, 2.24) is 4.57 Å². The Hall–Kier alpha value is -1.96. The van der Waals surface area contributed by atoms with Gasteiger partial charge in [0.1, 0.15) is 0 Å². The van der Waals surface area contributed by atoms with Crippen molar-refractivity contribution in [1.29, 1.82) is 0 Å². The van der Waals surface area contributed by atoms with Crippen LogP contribution >= 0.6 is 34.7 Å². The number of hydrogen-bond acceptors (Lipinski definition) is 5. The minimum Gasteiger partial charge on any atom is -0.454 e. The number of carbonyl (C=O) groups excluding carboxylic acids is 1. The number of aromatic nitrogens is 1. The number of carbonyl (C=O) groups is 1. The molecule has 2 aromatic carbocycles. The number of rotatable bonds is 5. The van der Waals surface area contributed by atoms with Crippen molar-refractivity contribution >= 4 is 50.8 Å². The monoisotopic (exact) mass is 420 g/mol. The van der Waals surface area contributed by atoms with Crippen molar-refractivity contribution in [3.63, 3.8) is 0 Å². The summed E-state index contributed by atoms with van der Waals surface area (Å²) in [5, 5.41) is 0.682. The summed E-state index contributed by atoms with van der Waals surface area (Å²) in [6.07, 6.45) is 0.946. The summed E-state index contributed by atoms with van der Waals surface area (Å²) in [4.78, 5) is 18.5. The third-order valence-corrected chi connectivity index (χ3v) is 6.31. The average Bonchev–Trinajstić information content (AvgIpc) is 3.24. The molecule has 1 aromatic heterocycles. The lowest BCUT2D eigenvalue weighted by molar-refractivity contribution is -0.115. The van der Waals surface area contributed by atoms with E-state index < -0.39 is 0 Å². The van der Waals surface area contributed by atoms with Crippen LogP contribution in [0.25, 0.3) is 10.2 Å². The normalized spacial score (nSPS) is 13.5. The Morgan fingerprint density at radius 2 is 2.00 bits per heavy atom. The summed E-state index contributed by atoms with van der Waals surface area (Å²) in [6.45, 7) is 3.14. The van der Waals surface area contributed by atoms with E-state index in [1.165, 1.54) is 23.1 Å². The minimum atomic E-state index is -0.161. The summed E-state index contributed by atoms with van der Waals surface area (Å²) >= 11 is 8.84. The maximum absolute atomic E-state index is 12.4. The van der Waals surface area contributed by atoms with Crippen molar-refractivity contribution in [3.05, 3.63) is 46.2 Å². The number of thioether (sulfide) groups is 1. The van der Waals surface area contributed by atoms with Gasteiger partial charge in [0.05, 0.1) is 16.0 Å². The van der Waals surface area contributed by atoms with Crippen molar-refractivity contribution in [2.24, 2.45) is 4.99 Å². The Bertz CT molecular complexity index is 1060. The largest absolute Gasteiger partial charge is 0.454 e. The molecular weight excluding hydrogens is 404 g/mol. The van der Waals surface area contributed by atoms with Gasteiger partial charge >= 0.3 is 0 Å². The molecule has 0 saturated carbocycles. The number of halogens is 1. The summed E-state index contributed by atoms with van der Waals surface area (Å²) in [5.74, 6) is 1.60. The first kappa shape index (κ1) is 18.4. The number of amides is 1. The van der Waals surface area contributed by atoms with Crippen molar-refractivity contribution in [2.75, 3.05) is 12.5 Å². The highest BCUT2D eigenvalue weighted by atomic mass is 35.5. The Kier molecular flexibility index (Phi) is 5.43. The molecule has 1 amide bonds. The molecule has 140 valence electrons. The van der Waals surface area contributed by atoms with E-state index in [-0.39, 0.29) is 18.5 Å². The van der Waals surface area contributed by atoms with Crippen LogP contribution in [0, 0.1) is 0 Å². The number of aryl methyl sites for hydroxylation is 1. The highest BCUT2D eigenvalue weighted by Crippen LogP contribution is 2.37. The highest BCUT2D eigenvalue weighted by Gasteiger charge is 2.17. The maximum Gasteiger partial charge on any atom is 0.258 e. The Labute approximate surface area is 169 Å². The van der Waals surface area contributed by atoms with E-state index in [0.717, 1.165) is 39.6 Å². The second-order valence-corrected chi connectivity index (χ2v) is 8.45. The van der Waals surface area contributed by atoms with Gasteiger partial charge in [0, 0.05) is 28.6 Å². The third kappa shape index (κ3) is 4.00. The molecule has 8 heteroatoms. The number of benzene rings is 2. The van der Waals surface area contributed by atoms with Gasteiger partial charge in [0.2, 0.25) is 6.79 Å². The van der Waals surface area contributed by atoms with Crippen LogP contribution in [0.2, 0.25) is 5.02 Å². The van der Waals surface area contributed by atoms with E-state index in [1.807, 2.05) is 36.4 Å². The fourth-order valence-electron chi connectivity index (χ4n) is 2.80. The molecule has 0 saturated heterocycles. The van der Waals surface area contributed by atoms with Crippen LogP contribution in [0.1, 0.15) is 13.3 Å². The molecule has 5 nitrogen and oxygen atoms in total. The van der Waals surface area contributed by atoms with Gasteiger partial charge in [-0.25, -0.2) is 0 Å². The second-order valence-electron chi connectivity index (χ2n) is 5.96. The molecule has 0 unspecified atom stereocenters. The first-order chi connectivity index (χ1) is 13.1. The smallest absolute Gasteiger partial charge is 0.258 e. The van der Waals surface area contributed by atoms with Gasteiger partial charge in [-0.05, 0) is 30.7 Å². The summed E-state index contributed by atoms with van der Waals surface area (Å²) in [6, 6.07) is 11.4. The minimum absolute atomic E-state index is 0.161. The lowest BCUT2D eigenvalue weighted by Crippen LogP contribution is -2.17. The van der Waals surface area contributed by atoms with Crippen LogP contribution in [0.3, 0.4) is 0 Å². The van der Waals surface area contributed by atoms with E-state index in [1.54, 1.807) is 0 Å². The van der Waals surface area contributed by atoms with Gasteiger partial charge in [0.25, 0.3) is 5.91 Å². The Balaban J connectivity index is 1.62. The van der Waals surface area contributed by atoms with Gasteiger partial charge in [-0.15, -0.1) is 11.8 Å². The van der Waals surface area contributed by atoms with Crippen LogP contribution in [0.15, 0.2) is 46.3 Å². The molecule has 1 aliphatic rings. The van der Waals surface area contributed by atoms with Gasteiger partial charge in [0.15, 0.2) is 16.3 Å². The molecule has 4 rings (SSSR count). The van der Waals surface area contributed by atoms with Gasteiger partial charge in [-0.1, -0.05) is 29.9 Å². The summed E-state index contributed by atoms with van der Waals surface area (Å²) in [7, 11) is 0. The van der Waals surface area contributed by atoms with Crippen LogP contribution in [-0.4, -0.2) is 23.0 Å². The average molecular weight is 421 g/mol. The second kappa shape index (κ2) is 7.96. The van der Waals surface area contributed by atoms with Gasteiger partial charge < -0.3 is 14.0 Å². The predicted molar refractivity (Wildman–Crippen MR) is 109 cm³/mol. The first-order valence-electron chi connectivity index (χ1n) is 8.53. The summed E-state index contributed by atoms with van der Waals surface area (Å²) < 4.78 is 14.1. The lowest BCUT2D eigenvalue weighted by Gasteiger charge is -2.03. The zero-order valence-corrected chi connectivity index (χ0v) is 17.0. The molecule has 0 radical (unpaired) electrons. The Morgan fingerprint density at radius 1 is 1.26 bits per heavy atom. The molecule has 0 spiro atoms.